The fourth-order valence-electron chi connectivity index (χ4n) is 2.94. The minimum absolute atomic E-state index is 0.166. The second kappa shape index (κ2) is 4.48. The predicted molar refractivity (Wildman–Crippen MR) is 66.6 cm³/mol. The smallest absolute Gasteiger partial charge is 0.410 e. The van der Waals surface area contributed by atoms with Gasteiger partial charge in [0.25, 0.3) is 0 Å². The van der Waals surface area contributed by atoms with E-state index in [2.05, 4.69) is 0 Å². The first kappa shape index (κ1) is 12.7. The molecule has 17 heavy (non-hydrogen) atoms. The third kappa shape index (κ3) is 3.12. The van der Waals surface area contributed by atoms with Crippen molar-refractivity contribution in [1.82, 2.24) is 4.90 Å². The second-order valence-electron chi connectivity index (χ2n) is 6.48. The minimum atomic E-state index is -0.402. The van der Waals surface area contributed by atoms with Crippen molar-refractivity contribution >= 4 is 6.09 Å². The molecule has 1 saturated carbocycles. The third-order valence-corrected chi connectivity index (χ3v) is 3.74. The fraction of sp³-hybridized carbons (Fsp3) is 0.923. The van der Waals surface area contributed by atoms with Crippen molar-refractivity contribution in [3.05, 3.63) is 0 Å². The highest BCUT2D eigenvalue weighted by molar-refractivity contribution is 5.68. The van der Waals surface area contributed by atoms with Crippen LogP contribution in [0, 0.1) is 11.8 Å². The molecule has 0 spiro atoms. The molecule has 98 valence electrons. The van der Waals surface area contributed by atoms with Crippen LogP contribution in [0.4, 0.5) is 4.79 Å². The molecule has 1 heterocycles. The molecule has 1 aliphatic heterocycles. The van der Waals surface area contributed by atoms with Crippen molar-refractivity contribution in [2.45, 2.75) is 51.7 Å². The molecular weight excluding hydrogens is 216 g/mol. The van der Waals surface area contributed by atoms with E-state index in [4.69, 9.17) is 10.5 Å². The summed E-state index contributed by atoms with van der Waals surface area (Å²) < 4.78 is 5.41. The summed E-state index contributed by atoms with van der Waals surface area (Å²) in [6, 6.07) is 0.329. The number of hydrogen-bond acceptors (Lipinski definition) is 3. The van der Waals surface area contributed by atoms with Crippen molar-refractivity contribution in [2.75, 3.05) is 13.1 Å². The average molecular weight is 240 g/mol. The molecule has 2 aliphatic rings. The van der Waals surface area contributed by atoms with E-state index < -0.39 is 5.60 Å². The van der Waals surface area contributed by atoms with Gasteiger partial charge in [-0.25, -0.2) is 4.79 Å². The number of ether oxygens (including phenoxy) is 1. The molecule has 2 fully saturated rings. The molecule has 0 aromatic heterocycles. The van der Waals surface area contributed by atoms with E-state index in [0.29, 0.717) is 17.9 Å². The van der Waals surface area contributed by atoms with E-state index in [9.17, 15) is 4.79 Å². The Morgan fingerprint density at radius 2 is 1.88 bits per heavy atom. The Morgan fingerprint density at radius 3 is 2.53 bits per heavy atom. The Morgan fingerprint density at radius 1 is 1.24 bits per heavy atom. The standard InChI is InChI=1S/C13H24N2O2/c1-13(2,3)17-12(16)15-7-9-4-5-11(14)6-10(9)8-15/h9-11H,4-8,14H2,1-3H3/t9-,10+,11+/m0/s1. The summed E-state index contributed by atoms with van der Waals surface area (Å²) in [6.07, 6.45) is 3.15. The van der Waals surface area contributed by atoms with Gasteiger partial charge in [-0.2, -0.15) is 0 Å². The van der Waals surface area contributed by atoms with Crippen LogP contribution in [-0.2, 0) is 4.74 Å². The van der Waals surface area contributed by atoms with Crippen LogP contribution in [-0.4, -0.2) is 35.7 Å². The van der Waals surface area contributed by atoms with Crippen LogP contribution >= 0.6 is 0 Å². The van der Waals surface area contributed by atoms with Crippen molar-refractivity contribution in [3.8, 4) is 0 Å². The van der Waals surface area contributed by atoms with Crippen LogP contribution in [0.2, 0.25) is 0 Å². The number of likely N-dealkylation sites (tertiary alicyclic amines) is 1. The topological polar surface area (TPSA) is 55.6 Å². The summed E-state index contributed by atoms with van der Waals surface area (Å²) in [4.78, 5) is 13.8. The summed E-state index contributed by atoms with van der Waals surface area (Å²) >= 11 is 0. The molecule has 4 nitrogen and oxygen atoms in total. The van der Waals surface area contributed by atoms with Crippen LogP contribution in [0.25, 0.3) is 0 Å². The van der Waals surface area contributed by atoms with Crippen molar-refractivity contribution in [2.24, 2.45) is 17.6 Å². The molecule has 0 aromatic carbocycles. The zero-order valence-corrected chi connectivity index (χ0v) is 11.1. The number of carbonyl (C=O) groups is 1. The van der Waals surface area contributed by atoms with Gasteiger partial charge >= 0.3 is 6.09 Å². The first-order valence-corrected chi connectivity index (χ1v) is 6.58. The third-order valence-electron chi connectivity index (χ3n) is 3.74. The van der Waals surface area contributed by atoms with Gasteiger partial charge in [-0.05, 0) is 51.9 Å². The summed E-state index contributed by atoms with van der Waals surface area (Å²) in [6.45, 7) is 7.40. The first-order chi connectivity index (χ1) is 7.85. The predicted octanol–water partition coefficient (Wildman–Crippen LogP) is 1.98. The Kier molecular flexibility index (Phi) is 3.34. The monoisotopic (exact) mass is 240 g/mol. The lowest BCUT2D eigenvalue weighted by molar-refractivity contribution is 0.0284. The second-order valence-corrected chi connectivity index (χ2v) is 6.48. The molecule has 4 heteroatoms. The number of rotatable bonds is 0. The molecule has 0 unspecified atom stereocenters. The van der Waals surface area contributed by atoms with Crippen LogP contribution in [0.1, 0.15) is 40.0 Å². The molecule has 0 radical (unpaired) electrons. The first-order valence-electron chi connectivity index (χ1n) is 6.58. The van der Waals surface area contributed by atoms with Gasteiger partial charge in [0, 0.05) is 19.1 Å². The summed E-state index contributed by atoms with van der Waals surface area (Å²) in [5.41, 5.74) is 5.58. The summed E-state index contributed by atoms with van der Waals surface area (Å²) in [7, 11) is 0. The minimum Gasteiger partial charge on any atom is -0.444 e. The zero-order chi connectivity index (χ0) is 12.6. The zero-order valence-electron chi connectivity index (χ0n) is 11.1. The molecule has 0 bridgehead atoms. The van der Waals surface area contributed by atoms with Gasteiger partial charge in [-0.15, -0.1) is 0 Å². The maximum absolute atomic E-state index is 12.0. The Labute approximate surface area is 103 Å². The molecule has 3 atom stereocenters. The number of amides is 1. The van der Waals surface area contributed by atoms with Gasteiger partial charge < -0.3 is 15.4 Å². The van der Waals surface area contributed by atoms with Gasteiger partial charge in [0.2, 0.25) is 0 Å². The SMILES string of the molecule is CC(C)(C)OC(=O)N1C[C@H]2C[C@H](N)CC[C@H]2C1. The van der Waals surface area contributed by atoms with E-state index >= 15 is 0 Å². The Hall–Kier alpha value is -0.770. The van der Waals surface area contributed by atoms with Crippen LogP contribution < -0.4 is 5.73 Å². The van der Waals surface area contributed by atoms with Gasteiger partial charge in [0.05, 0.1) is 0 Å². The van der Waals surface area contributed by atoms with E-state index in [1.807, 2.05) is 25.7 Å². The molecule has 1 amide bonds. The molecular formula is C13H24N2O2. The number of nitrogens with two attached hydrogens (primary N) is 1. The van der Waals surface area contributed by atoms with Gasteiger partial charge in [0.15, 0.2) is 0 Å². The normalized spacial score (nSPS) is 33.4. The molecule has 2 N–H and O–H groups in total. The number of nitrogens with zero attached hydrogens (tertiary/aromatic N) is 1. The van der Waals surface area contributed by atoms with Crippen molar-refractivity contribution < 1.29 is 9.53 Å². The summed E-state index contributed by atoms with van der Waals surface area (Å²) in [5, 5.41) is 0. The average Bonchev–Trinajstić information content (AvgIpc) is 2.57. The number of carbonyl (C=O) groups excluding carboxylic acids is 1. The van der Waals surface area contributed by atoms with Crippen molar-refractivity contribution in [1.29, 1.82) is 0 Å². The number of hydrogen-bond donors (Lipinski definition) is 1. The Bertz CT molecular complexity index is 298. The quantitative estimate of drug-likeness (QED) is 0.704. The van der Waals surface area contributed by atoms with E-state index in [1.165, 1.54) is 0 Å². The van der Waals surface area contributed by atoms with Gasteiger partial charge in [-0.3, -0.25) is 0 Å². The van der Waals surface area contributed by atoms with E-state index in [0.717, 1.165) is 32.4 Å². The lowest BCUT2D eigenvalue weighted by atomic mass is 9.79. The molecule has 2 rings (SSSR count). The van der Waals surface area contributed by atoms with Crippen LogP contribution in [0.3, 0.4) is 0 Å². The van der Waals surface area contributed by atoms with E-state index in [-0.39, 0.29) is 6.09 Å². The van der Waals surface area contributed by atoms with Gasteiger partial charge in [0.1, 0.15) is 5.60 Å². The largest absolute Gasteiger partial charge is 0.444 e. The lowest BCUT2D eigenvalue weighted by Crippen LogP contribution is -2.35. The highest BCUT2D eigenvalue weighted by Gasteiger charge is 2.39. The number of fused-ring (bicyclic) bond motifs is 1. The van der Waals surface area contributed by atoms with E-state index in [1.54, 1.807) is 0 Å². The maximum atomic E-state index is 12.0. The van der Waals surface area contributed by atoms with Crippen LogP contribution in [0.15, 0.2) is 0 Å². The van der Waals surface area contributed by atoms with Gasteiger partial charge in [-0.1, -0.05) is 0 Å². The summed E-state index contributed by atoms with van der Waals surface area (Å²) in [5.74, 6) is 1.23. The van der Waals surface area contributed by atoms with Crippen molar-refractivity contribution in [3.63, 3.8) is 0 Å². The highest BCUT2D eigenvalue weighted by Crippen LogP contribution is 2.36. The van der Waals surface area contributed by atoms with Crippen LogP contribution in [0.5, 0.6) is 0 Å². The fourth-order valence-corrected chi connectivity index (χ4v) is 2.94. The lowest BCUT2D eigenvalue weighted by Gasteiger charge is -2.27. The molecule has 1 saturated heterocycles. The maximum Gasteiger partial charge on any atom is 0.410 e. The molecule has 1 aliphatic carbocycles. The molecule has 0 aromatic rings. The highest BCUT2D eigenvalue weighted by atomic mass is 16.6. The Balaban J connectivity index is 1.91.